The first-order chi connectivity index (χ1) is 7.49. The Balaban J connectivity index is 2.74. The first-order valence-corrected chi connectivity index (χ1v) is 6.78. The Hall–Kier alpha value is -0.130. The molecule has 90 valence electrons. The third-order valence-corrected chi connectivity index (χ3v) is 4.13. The summed E-state index contributed by atoms with van der Waals surface area (Å²) in [6.07, 6.45) is 2.10. The normalized spacial score (nSPS) is 13.8. The van der Waals surface area contributed by atoms with Gasteiger partial charge in [-0.2, -0.15) is 0 Å². The fourth-order valence-electron chi connectivity index (χ4n) is 1.66. The van der Waals surface area contributed by atoms with Crippen LogP contribution in [-0.4, -0.2) is 6.04 Å². The lowest BCUT2D eigenvalue weighted by Gasteiger charge is -2.33. The zero-order valence-electron chi connectivity index (χ0n) is 10.3. The Kier molecular flexibility index (Phi) is 5.21. The van der Waals surface area contributed by atoms with Gasteiger partial charge in [-0.1, -0.05) is 32.9 Å². The number of halogens is 1. The Morgan fingerprint density at radius 2 is 1.88 bits per heavy atom. The Bertz CT molecular complexity index is 319. The van der Waals surface area contributed by atoms with Gasteiger partial charge in [-0.3, -0.25) is 11.3 Å². The molecule has 1 aromatic rings. The molecule has 0 saturated carbocycles. The molecule has 0 amide bonds. The van der Waals surface area contributed by atoms with Gasteiger partial charge in [-0.25, -0.2) is 0 Å². The van der Waals surface area contributed by atoms with Crippen LogP contribution in [0.3, 0.4) is 0 Å². The van der Waals surface area contributed by atoms with Gasteiger partial charge in [0, 0.05) is 9.61 Å². The molecule has 3 heteroatoms. The maximum absolute atomic E-state index is 5.66. The minimum atomic E-state index is 0.220. The molecule has 0 aromatic heterocycles. The van der Waals surface area contributed by atoms with Crippen LogP contribution in [0.5, 0.6) is 0 Å². The van der Waals surface area contributed by atoms with E-state index >= 15 is 0 Å². The van der Waals surface area contributed by atoms with E-state index in [0.717, 1.165) is 12.8 Å². The molecule has 0 aliphatic heterocycles. The van der Waals surface area contributed by atoms with Crippen LogP contribution >= 0.6 is 22.6 Å². The van der Waals surface area contributed by atoms with Crippen molar-refractivity contribution in [2.24, 2.45) is 11.3 Å². The molecule has 16 heavy (non-hydrogen) atoms. The molecule has 0 aliphatic carbocycles. The van der Waals surface area contributed by atoms with Crippen LogP contribution < -0.4 is 11.3 Å². The molecule has 0 radical (unpaired) electrons. The SMILES string of the molecule is CCC(C)(C)C(Cc1ccc(I)cc1)NN. The summed E-state index contributed by atoms with van der Waals surface area (Å²) in [5.41, 5.74) is 4.51. The van der Waals surface area contributed by atoms with Gasteiger partial charge in [0.15, 0.2) is 0 Å². The lowest BCUT2D eigenvalue weighted by atomic mass is 9.79. The van der Waals surface area contributed by atoms with Gasteiger partial charge in [0.2, 0.25) is 0 Å². The third-order valence-electron chi connectivity index (χ3n) is 3.41. The van der Waals surface area contributed by atoms with Crippen molar-refractivity contribution in [3.63, 3.8) is 0 Å². The first-order valence-electron chi connectivity index (χ1n) is 5.70. The van der Waals surface area contributed by atoms with E-state index in [1.807, 2.05) is 0 Å². The highest BCUT2D eigenvalue weighted by Crippen LogP contribution is 2.26. The van der Waals surface area contributed by atoms with Crippen LogP contribution in [0.15, 0.2) is 24.3 Å². The number of rotatable bonds is 5. The molecule has 0 bridgehead atoms. The van der Waals surface area contributed by atoms with Gasteiger partial charge >= 0.3 is 0 Å². The topological polar surface area (TPSA) is 38.0 Å². The zero-order valence-corrected chi connectivity index (χ0v) is 12.4. The summed E-state index contributed by atoms with van der Waals surface area (Å²) in [5, 5.41) is 0. The highest BCUT2D eigenvalue weighted by Gasteiger charge is 2.26. The number of hydrazine groups is 1. The van der Waals surface area contributed by atoms with E-state index < -0.39 is 0 Å². The second-order valence-electron chi connectivity index (χ2n) is 4.89. The second kappa shape index (κ2) is 5.98. The smallest absolute Gasteiger partial charge is 0.0301 e. The molecule has 1 rings (SSSR count). The Labute approximate surface area is 112 Å². The van der Waals surface area contributed by atoms with Crippen molar-refractivity contribution in [1.29, 1.82) is 0 Å². The molecule has 0 fully saturated rings. The van der Waals surface area contributed by atoms with Crippen molar-refractivity contribution >= 4 is 22.6 Å². The fraction of sp³-hybridized carbons (Fsp3) is 0.538. The molecule has 2 nitrogen and oxygen atoms in total. The monoisotopic (exact) mass is 332 g/mol. The summed E-state index contributed by atoms with van der Waals surface area (Å²) in [4.78, 5) is 0. The van der Waals surface area contributed by atoms with Crippen LogP contribution in [0, 0.1) is 8.99 Å². The third kappa shape index (κ3) is 3.71. The molecular formula is C13H21IN2. The van der Waals surface area contributed by atoms with Crippen molar-refractivity contribution in [2.75, 3.05) is 0 Å². The molecule has 0 saturated heterocycles. The maximum atomic E-state index is 5.66. The van der Waals surface area contributed by atoms with Crippen LogP contribution in [0.1, 0.15) is 32.8 Å². The van der Waals surface area contributed by atoms with Crippen molar-refractivity contribution in [2.45, 2.75) is 39.7 Å². The maximum Gasteiger partial charge on any atom is 0.0301 e. The predicted molar refractivity (Wildman–Crippen MR) is 78.0 cm³/mol. The van der Waals surface area contributed by atoms with E-state index in [1.165, 1.54) is 9.13 Å². The van der Waals surface area contributed by atoms with Crippen LogP contribution in [0.2, 0.25) is 0 Å². The van der Waals surface area contributed by atoms with Crippen molar-refractivity contribution in [3.8, 4) is 0 Å². The van der Waals surface area contributed by atoms with Crippen LogP contribution in [0.25, 0.3) is 0 Å². The van der Waals surface area contributed by atoms with Gasteiger partial charge < -0.3 is 0 Å². The van der Waals surface area contributed by atoms with Gasteiger partial charge in [0.25, 0.3) is 0 Å². The molecule has 0 heterocycles. The van der Waals surface area contributed by atoms with E-state index in [9.17, 15) is 0 Å². The van der Waals surface area contributed by atoms with E-state index in [4.69, 9.17) is 5.84 Å². The summed E-state index contributed by atoms with van der Waals surface area (Å²) >= 11 is 2.32. The molecule has 0 aliphatic rings. The van der Waals surface area contributed by atoms with Crippen LogP contribution in [0.4, 0.5) is 0 Å². The first kappa shape index (κ1) is 13.9. The summed E-state index contributed by atoms with van der Waals surface area (Å²) in [6, 6.07) is 8.96. The Morgan fingerprint density at radius 1 is 1.31 bits per heavy atom. The second-order valence-corrected chi connectivity index (χ2v) is 6.14. The zero-order chi connectivity index (χ0) is 12.2. The van der Waals surface area contributed by atoms with E-state index in [2.05, 4.69) is 73.1 Å². The Morgan fingerprint density at radius 3 is 2.31 bits per heavy atom. The summed E-state index contributed by atoms with van der Waals surface area (Å²) < 4.78 is 1.27. The number of nitrogens with one attached hydrogen (secondary N) is 1. The number of hydrogen-bond acceptors (Lipinski definition) is 2. The molecule has 3 N–H and O–H groups in total. The minimum absolute atomic E-state index is 0.220. The largest absolute Gasteiger partial charge is 0.271 e. The average Bonchev–Trinajstić information content (AvgIpc) is 2.28. The molecule has 1 unspecified atom stereocenters. The predicted octanol–water partition coefficient (Wildman–Crippen LogP) is 3.10. The number of benzene rings is 1. The quantitative estimate of drug-likeness (QED) is 0.494. The summed E-state index contributed by atoms with van der Waals surface area (Å²) in [6.45, 7) is 6.71. The van der Waals surface area contributed by atoms with E-state index in [0.29, 0.717) is 6.04 Å². The minimum Gasteiger partial charge on any atom is -0.271 e. The van der Waals surface area contributed by atoms with Crippen molar-refractivity contribution < 1.29 is 0 Å². The van der Waals surface area contributed by atoms with E-state index in [-0.39, 0.29) is 5.41 Å². The molecular weight excluding hydrogens is 311 g/mol. The molecule has 0 spiro atoms. The lowest BCUT2D eigenvalue weighted by Crippen LogP contribution is -2.46. The summed E-state index contributed by atoms with van der Waals surface area (Å²) in [7, 11) is 0. The van der Waals surface area contributed by atoms with Gasteiger partial charge in [-0.15, -0.1) is 0 Å². The molecule has 1 atom stereocenters. The van der Waals surface area contributed by atoms with Crippen molar-refractivity contribution in [1.82, 2.24) is 5.43 Å². The van der Waals surface area contributed by atoms with Gasteiger partial charge in [-0.05, 0) is 58.5 Å². The number of hydrogen-bond donors (Lipinski definition) is 2. The fourth-order valence-corrected chi connectivity index (χ4v) is 2.02. The van der Waals surface area contributed by atoms with Gasteiger partial charge in [0.05, 0.1) is 0 Å². The van der Waals surface area contributed by atoms with Gasteiger partial charge in [0.1, 0.15) is 0 Å². The van der Waals surface area contributed by atoms with E-state index in [1.54, 1.807) is 0 Å². The summed E-state index contributed by atoms with van der Waals surface area (Å²) in [5.74, 6) is 5.66. The van der Waals surface area contributed by atoms with Crippen molar-refractivity contribution in [3.05, 3.63) is 33.4 Å². The highest BCUT2D eigenvalue weighted by molar-refractivity contribution is 14.1. The average molecular weight is 332 g/mol. The molecule has 1 aromatic carbocycles. The lowest BCUT2D eigenvalue weighted by molar-refractivity contribution is 0.231. The van der Waals surface area contributed by atoms with Crippen LogP contribution in [-0.2, 0) is 6.42 Å². The highest BCUT2D eigenvalue weighted by atomic mass is 127. The number of nitrogens with two attached hydrogens (primary N) is 1. The standard InChI is InChI=1S/C13H21IN2/c1-4-13(2,3)12(16-15)9-10-5-7-11(14)8-6-10/h5-8,12,16H,4,9,15H2,1-3H3.